The Balaban J connectivity index is 1.85. The highest BCUT2D eigenvalue weighted by molar-refractivity contribution is 7.93. The largest absolute Gasteiger partial charge is 0.573 e. The number of likely N-dealkylation sites (tertiary alicyclic amines) is 1. The van der Waals surface area contributed by atoms with E-state index >= 15 is 9.18 Å². The zero-order chi connectivity index (χ0) is 33.8. The van der Waals surface area contributed by atoms with Gasteiger partial charge in [0.05, 0.1) is 25.9 Å². The Kier molecular flexibility index (Phi) is 8.64. The predicted octanol–water partition coefficient (Wildman–Crippen LogP) is 4.74. The molecule has 0 N–H and O–H groups in total. The molecule has 16 heteroatoms. The average Bonchev–Trinajstić information content (AvgIpc) is 3.50. The van der Waals surface area contributed by atoms with Crippen molar-refractivity contribution in [2.75, 3.05) is 39.2 Å². The summed E-state index contributed by atoms with van der Waals surface area (Å²) in [7, 11) is 0.132. The summed E-state index contributed by atoms with van der Waals surface area (Å²) < 4.78 is 99.7. The number of anilines is 1. The van der Waals surface area contributed by atoms with E-state index in [1.807, 2.05) is 0 Å². The normalized spacial score (nSPS) is 21.7. The fraction of sp³-hybridized carbons (Fsp3) is 0.333. The molecule has 0 radical (unpaired) electrons. The Morgan fingerprint density at radius 1 is 1.00 bits per heavy atom. The van der Waals surface area contributed by atoms with Crippen LogP contribution in [0.5, 0.6) is 17.2 Å². The summed E-state index contributed by atoms with van der Waals surface area (Å²) in [5.41, 5.74) is -2.55. The van der Waals surface area contributed by atoms with Crippen molar-refractivity contribution < 1.29 is 49.8 Å². The van der Waals surface area contributed by atoms with Crippen LogP contribution >= 0.6 is 11.6 Å². The summed E-state index contributed by atoms with van der Waals surface area (Å²) in [4.78, 5) is 30.1. The molecule has 2 amide bonds. The zero-order valence-corrected chi connectivity index (χ0v) is 26.4. The van der Waals surface area contributed by atoms with Crippen LogP contribution in [0, 0.1) is 0 Å². The molecular formula is C30H28ClF4N3O7S. The summed E-state index contributed by atoms with van der Waals surface area (Å²) >= 11 is 6.42. The molecule has 2 aliphatic heterocycles. The second-order valence-electron chi connectivity index (χ2n) is 10.7. The third-order valence-corrected chi connectivity index (χ3v) is 9.83. The number of sulfonamides is 1. The second-order valence-corrected chi connectivity index (χ2v) is 12.9. The van der Waals surface area contributed by atoms with Crippen LogP contribution in [0.25, 0.3) is 0 Å². The number of carbonyl (C=O) groups is 2. The average molecular weight is 686 g/mol. The van der Waals surface area contributed by atoms with E-state index in [4.69, 9.17) is 21.1 Å². The van der Waals surface area contributed by atoms with Gasteiger partial charge in [-0.15, -0.1) is 13.2 Å². The van der Waals surface area contributed by atoms with Gasteiger partial charge in [0.25, 0.3) is 15.9 Å². The monoisotopic (exact) mass is 685 g/mol. The van der Waals surface area contributed by atoms with Crippen LogP contribution in [-0.4, -0.2) is 83.5 Å². The summed E-state index contributed by atoms with van der Waals surface area (Å²) in [5.74, 6) is -3.02. The van der Waals surface area contributed by atoms with E-state index in [9.17, 15) is 26.4 Å². The quantitative estimate of drug-likeness (QED) is 0.314. The number of halogens is 5. The molecule has 3 aromatic carbocycles. The minimum absolute atomic E-state index is 0.0517. The van der Waals surface area contributed by atoms with Crippen molar-refractivity contribution >= 4 is 39.1 Å². The molecular weight excluding hydrogens is 658 g/mol. The molecule has 1 saturated heterocycles. The third kappa shape index (κ3) is 5.39. The third-order valence-electron chi connectivity index (χ3n) is 7.86. The van der Waals surface area contributed by atoms with Crippen LogP contribution in [0.2, 0.25) is 5.02 Å². The Bertz CT molecular complexity index is 1810. The van der Waals surface area contributed by atoms with Gasteiger partial charge in [-0.05, 0) is 36.4 Å². The first-order valence-corrected chi connectivity index (χ1v) is 15.5. The number of para-hydroxylation sites is 1. The topological polar surface area (TPSA) is 106 Å². The molecule has 0 aliphatic carbocycles. The molecule has 0 saturated carbocycles. The first kappa shape index (κ1) is 33.3. The second kappa shape index (κ2) is 11.9. The molecule has 3 aromatic rings. The Labute approximate surface area is 267 Å². The number of ether oxygens (including phenoxy) is 3. The van der Waals surface area contributed by atoms with Crippen LogP contribution < -0.4 is 18.5 Å². The van der Waals surface area contributed by atoms with Crippen molar-refractivity contribution in [2.45, 2.75) is 35.4 Å². The maximum Gasteiger partial charge on any atom is 0.573 e. The van der Waals surface area contributed by atoms with Gasteiger partial charge in [0.15, 0.2) is 11.3 Å². The minimum Gasteiger partial charge on any atom is -0.497 e. The molecule has 10 nitrogen and oxygen atoms in total. The molecule has 5 rings (SSSR count). The lowest BCUT2D eigenvalue weighted by atomic mass is 9.80. The Morgan fingerprint density at radius 3 is 2.33 bits per heavy atom. The van der Waals surface area contributed by atoms with Gasteiger partial charge in [0.1, 0.15) is 22.6 Å². The SMILES string of the molecule is COc1ccc(S(=O)(=O)N2C(=O)C(c3ccccc3OC)(N3C[C@@H](F)C[C@H]3C(=O)N(C)C)c3cc(Cl)ccc32)c(OC(F)(F)F)c1. The Hall–Kier alpha value is -4.08. The number of hydrogen-bond acceptors (Lipinski definition) is 8. The number of likely N-dealkylation sites (N-methyl/N-ethyl adjacent to an activating group) is 1. The van der Waals surface area contributed by atoms with Crippen LogP contribution in [0.15, 0.2) is 65.6 Å². The van der Waals surface area contributed by atoms with Crippen molar-refractivity contribution in [3.8, 4) is 17.2 Å². The van der Waals surface area contributed by atoms with Gasteiger partial charge in [-0.25, -0.2) is 17.1 Å². The fourth-order valence-corrected chi connectivity index (χ4v) is 7.77. The van der Waals surface area contributed by atoms with Crippen molar-refractivity contribution in [2.24, 2.45) is 0 Å². The van der Waals surface area contributed by atoms with Gasteiger partial charge in [0, 0.05) is 49.3 Å². The van der Waals surface area contributed by atoms with E-state index in [1.54, 1.807) is 12.1 Å². The van der Waals surface area contributed by atoms with Crippen molar-refractivity contribution in [3.05, 3.63) is 76.8 Å². The van der Waals surface area contributed by atoms with E-state index < -0.39 is 63.1 Å². The van der Waals surface area contributed by atoms with Gasteiger partial charge in [-0.3, -0.25) is 14.5 Å². The zero-order valence-electron chi connectivity index (χ0n) is 24.8. The molecule has 246 valence electrons. The smallest absolute Gasteiger partial charge is 0.497 e. The van der Waals surface area contributed by atoms with Gasteiger partial charge in [-0.1, -0.05) is 29.8 Å². The molecule has 0 aromatic heterocycles. The number of hydrogen-bond donors (Lipinski definition) is 0. The van der Waals surface area contributed by atoms with Crippen LogP contribution in [0.4, 0.5) is 23.2 Å². The molecule has 2 aliphatic rings. The molecule has 0 spiro atoms. The minimum atomic E-state index is -5.32. The maximum absolute atomic E-state index is 15.4. The molecule has 1 unspecified atom stereocenters. The molecule has 0 bridgehead atoms. The van der Waals surface area contributed by atoms with Crippen LogP contribution in [-0.2, 0) is 25.2 Å². The van der Waals surface area contributed by atoms with Crippen molar-refractivity contribution in [3.63, 3.8) is 0 Å². The number of benzene rings is 3. The number of rotatable bonds is 8. The van der Waals surface area contributed by atoms with E-state index in [0.717, 1.165) is 25.3 Å². The summed E-state index contributed by atoms with van der Waals surface area (Å²) in [6.45, 7) is -0.487. The summed E-state index contributed by atoms with van der Waals surface area (Å²) in [5, 5.41) is 0.0575. The highest BCUT2D eigenvalue weighted by Crippen LogP contribution is 2.55. The molecule has 46 heavy (non-hydrogen) atoms. The van der Waals surface area contributed by atoms with E-state index in [2.05, 4.69) is 4.74 Å². The van der Waals surface area contributed by atoms with Crippen LogP contribution in [0.3, 0.4) is 0 Å². The number of methoxy groups -OCH3 is 2. The Morgan fingerprint density at radius 2 is 1.70 bits per heavy atom. The highest BCUT2D eigenvalue weighted by Gasteiger charge is 2.64. The highest BCUT2D eigenvalue weighted by atomic mass is 35.5. The summed E-state index contributed by atoms with van der Waals surface area (Å²) in [6.07, 6.45) is -7.26. The van der Waals surface area contributed by atoms with Crippen molar-refractivity contribution in [1.82, 2.24) is 9.80 Å². The van der Waals surface area contributed by atoms with Gasteiger partial charge in [-0.2, -0.15) is 0 Å². The number of amides is 2. The first-order chi connectivity index (χ1) is 21.6. The van der Waals surface area contributed by atoms with E-state index in [1.165, 1.54) is 61.3 Å². The lowest BCUT2D eigenvalue weighted by Gasteiger charge is -2.42. The molecule has 3 atom stereocenters. The standard InChI is InChI=1S/C30H28ClF4N3O7S/c1-36(2)27(39)23-14-18(32)16-37(23)29(20-7-5-6-8-24(20)44-4)21-13-17(31)9-11-22(21)38(28(29)40)46(41,42)26-12-10-19(43-3)15-25(26)45-30(33,34)35/h5-13,15,18,23H,14,16H2,1-4H3/t18-,23-,29?/m0/s1. The maximum atomic E-state index is 15.4. The molecule has 1 fully saturated rings. The predicted molar refractivity (Wildman–Crippen MR) is 158 cm³/mol. The number of fused-ring (bicyclic) bond motifs is 1. The van der Waals surface area contributed by atoms with E-state index in [-0.39, 0.29) is 39.8 Å². The number of carbonyl (C=O) groups excluding carboxylic acids is 2. The summed E-state index contributed by atoms with van der Waals surface area (Å²) in [6, 6.07) is 11.3. The van der Waals surface area contributed by atoms with Gasteiger partial charge in [0.2, 0.25) is 5.91 Å². The van der Waals surface area contributed by atoms with E-state index in [0.29, 0.717) is 4.31 Å². The van der Waals surface area contributed by atoms with Crippen molar-refractivity contribution in [1.29, 1.82) is 0 Å². The lowest BCUT2D eigenvalue weighted by Crippen LogP contribution is -2.59. The lowest BCUT2D eigenvalue weighted by molar-refractivity contribution is -0.275. The van der Waals surface area contributed by atoms with Crippen LogP contribution in [0.1, 0.15) is 17.5 Å². The molecule has 2 heterocycles. The first-order valence-electron chi connectivity index (χ1n) is 13.7. The van der Waals surface area contributed by atoms with Gasteiger partial charge < -0.3 is 19.1 Å². The number of nitrogens with zero attached hydrogens (tertiary/aromatic N) is 3. The number of alkyl halides is 4. The fourth-order valence-electron chi connectivity index (χ4n) is 6.04. The van der Waals surface area contributed by atoms with Gasteiger partial charge >= 0.3 is 6.36 Å².